The molecule has 4 aliphatic rings. The van der Waals surface area contributed by atoms with Gasteiger partial charge in [-0.15, -0.1) is 22.0 Å². The third-order valence-corrected chi connectivity index (χ3v) is 13.2. The molecule has 9 rings (SSSR count). The summed E-state index contributed by atoms with van der Waals surface area (Å²) in [5, 5.41) is 106. The third-order valence-electron chi connectivity index (χ3n) is 12.0. The van der Waals surface area contributed by atoms with Gasteiger partial charge in [0.25, 0.3) is 5.91 Å². The number of aromatic hydroxyl groups is 1. The summed E-state index contributed by atoms with van der Waals surface area (Å²) in [6.45, 7) is -1.54. The Labute approximate surface area is 387 Å². The predicted molar refractivity (Wildman–Crippen MR) is 236 cm³/mol. The number of benzene rings is 4. The first kappa shape index (κ1) is 46.4. The van der Waals surface area contributed by atoms with Gasteiger partial charge in [-0.3, -0.25) is 9.59 Å². The zero-order valence-corrected chi connectivity index (χ0v) is 36.1. The van der Waals surface area contributed by atoms with Crippen LogP contribution in [0.25, 0.3) is 44.7 Å². The van der Waals surface area contributed by atoms with Crippen LogP contribution in [0, 0.1) is 5.82 Å². The van der Waals surface area contributed by atoms with Crippen LogP contribution in [0.1, 0.15) is 38.5 Å². The molecule has 0 radical (unpaired) electrons. The van der Waals surface area contributed by atoms with Crippen LogP contribution in [0.2, 0.25) is 0 Å². The Kier molecular flexibility index (Phi) is 13.1. The number of carboxylic acids is 1. The highest BCUT2D eigenvalue weighted by Gasteiger charge is 2.49. The van der Waals surface area contributed by atoms with Crippen molar-refractivity contribution in [3.05, 3.63) is 124 Å². The fourth-order valence-corrected chi connectivity index (χ4v) is 9.82. The van der Waals surface area contributed by atoms with E-state index in [0.29, 0.717) is 22.1 Å². The number of amides is 1. The van der Waals surface area contributed by atoms with Crippen molar-refractivity contribution < 1.29 is 68.7 Å². The first-order valence-corrected chi connectivity index (χ1v) is 22.1. The van der Waals surface area contributed by atoms with Gasteiger partial charge in [0.2, 0.25) is 0 Å². The number of nitrogens with zero attached hydrogens (tertiary/aromatic N) is 6. The molecule has 2 saturated heterocycles. The maximum absolute atomic E-state index is 13.9. The molecule has 3 aliphatic heterocycles. The quantitative estimate of drug-likeness (QED) is 0.0736. The summed E-state index contributed by atoms with van der Waals surface area (Å²) in [5.74, 6) is -2.61. The van der Waals surface area contributed by atoms with Crippen LogP contribution < -0.4 is 10.7 Å². The van der Waals surface area contributed by atoms with Crippen LogP contribution in [-0.4, -0.2) is 150 Å². The van der Waals surface area contributed by atoms with Crippen molar-refractivity contribution in [3.63, 3.8) is 0 Å². The van der Waals surface area contributed by atoms with Crippen LogP contribution in [0.5, 0.6) is 5.75 Å². The minimum absolute atomic E-state index is 0.0261. The fraction of sp³-hybridized carbons (Fsp3) is 0.311. The SMILES string of the molecule is O=C(NCc1cn(C2C(O)[C@@H](CO)O[C@@H](CS[C@@H]3OC(CO)[C@H](O)C(n4cc(-c5cccc(F)c5)nn4)C3O)[C@@H]2O)nn1)c1ccc(-c2c3ccc(=O)cc-3oc3cc(O)ccc23)c(C(=O)O)c1. The normalized spacial score (nSPS) is 25.2. The molecule has 3 aromatic carbocycles. The van der Waals surface area contributed by atoms with E-state index in [4.69, 9.17) is 13.9 Å². The number of aliphatic hydroxyl groups is 6. The molecule has 5 heterocycles. The van der Waals surface area contributed by atoms with Crippen LogP contribution in [-0.2, 0) is 16.0 Å². The molecule has 5 aromatic rings. The molecule has 0 spiro atoms. The van der Waals surface area contributed by atoms with Gasteiger partial charge in [0, 0.05) is 45.5 Å². The minimum atomic E-state index is -1.51. The lowest BCUT2D eigenvalue weighted by Crippen LogP contribution is -2.57. The molecular weight excluding hydrogens is 914 g/mol. The number of aromatic nitrogens is 6. The maximum atomic E-state index is 13.9. The molecule has 0 bridgehead atoms. The van der Waals surface area contributed by atoms with Crippen molar-refractivity contribution >= 4 is 34.6 Å². The lowest BCUT2D eigenvalue weighted by molar-refractivity contribution is -0.199. The predicted octanol–water partition coefficient (Wildman–Crippen LogP) is 1.32. The number of hydrogen-bond donors (Lipinski definition) is 9. The number of ether oxygens (including phenoxy) is 2. The number of aromatic carboxylic acids is 1. The number of phenols is 1. The van der Waals surface area contributed by atoms with E-state index in [2.05, 4.69) is 25.9 Å². The second-order valence-corrected chi connectivity index (χ2v) is 17.4. The highest BCUT2D eigenvalue weighted by Crippen LogP contribution is 2.43. The number of halogens is 1. The van der Waals surface area contributed by atoms with Gasteiger partial charge in [-0.1, -0.05) is 28.6 Å². The van der Waals surface area contributed by atoms with Crippen molar-refractivity contribution in [2.75, 3.05) is 19.0 Å². The topological polar surface area (TPSA) is 318 Å². The zero-order valence-electron chi connectivity index (χ0n) is 35.3. The Bertz CT molecular complexity index is 3020. The maximum Gasteiger partial charge on any atom is 0.336 e. The van der Waals surface area contributed by atoms with Gasteiger partial charge in [-0.2, -0.15) is 0 Å². The molecule has 9 N–H and O–H groups in total. The van der Waals surface area contributed by atoms with Crippen LogP contribution >= 0.6 is 11.8 Å². The first-order chi connectivity index (χ1) is 32.7. The Balaban J connectivity index is 0.890. The van der Waals surface area contributed by atoms with Crippen molar-refractivity contribution in [3.8, 4) is 39.5 Å². The molecule has 1 amide bonds. The lowest BCUT2D eigenvalue weighted by atomic mass is 9.90. The van der Waals surface area contributed by atoms with Crippen LogP contribution in [0.15, 0.2) is 100 Å². The highest BCUT2D eigenvalue weighted by molar-refractivity contribution is 7.99. The molecular formula is C45H42FN7O14S. The lowest BCUT2D eigenvalue weighted by Gasteiger charge is -2.44. The number of hydrogen-bond acceptors (Lipinski definition) is 18. The van der Waals surface area contributed by atoms with E-state index in [0.717, 1.165) is 16.4 Å². The second-order valence-electron chi connectivity index (χ2n) is 16.2. The number of phenolic OH excluding ortho intramolecular Hbond substituents is 1. The first-order valence-electron chi connectivity index (χ1n) is 21.0. The Morgan fingerprint density at radius 3 is 2.24 bits per heavy atom. The number of nitrogens with one attached hydrogen (secondary N) is 1. The van der Waals surface area contributed by atoms with Gasteiger partial charge < -0.3 is 60.1 Å². The molecule has 10 atom stereocenters. The molecule has 5 unspecified atom stereocenters. The van der Waals surface area contributed by atoms with Gasteiger partial charge >= 0.3 is 5.97 Å². The highest BCUT2D eigenvalue weighted by atomic mass is 32.2. The smallest absolute Gasteiger partial charge is 0.336 e. The Hall–Kier alpha value is -6.67. The molecule has 68 heavy (non-hydrogen) atoms. The molecule has 21 nitrogen and oxygen atoms in total. The number of aliphatic hydroxyl groups excluding tert-OH is 6. The summed E-state index contributed by atoms with van der Waals surface area (Å²) < 4.78 is 33.9. The van der Waals surface area contributed by atoms with E-state index in [1.807, 2.05) is 0 Å². The van der Waals surface area contributed by atoms with E-state index in [9.17, 15) is 59.6 Å². The fourth-order valence-electron chi connectivity index (χ4n) is 8.58. The Morgan fingerprint density at radius 1 is 0.779 bits per heavy atom. The van der Waals surface area contributed by atoms with E-state index >= 15 is 0 Å². The van der Waals surface area contributed by atoms with E-state index in [1.54, 1.807) is 12.1 Å². The van der Waals surface area contributed by atoms with Crippen LogP contribution in [0.3, 0.4) is 0 Å². The van der Waals surface area contributed by atoms with E-state index in [-0.39, 0.29) is 62.9 Å². The Morgan fingerprint density at radius 2 is 1.49 bits per heavy atom. The largest absolute Gasteiger partial charge is 0.508 e. The monoisotopic (exact) mass is 955 g/mol. The molecule has 2 aromatic heterocycles. The van der Waals surface area contributed by atoms with Crippen molar-refractivity contribution in [1.82, 2.24) is 35.3 Å². The standard InChI is InChI=1S/C45H42FN7O14S/c46-22-3-1-2-20(10-22)30-16-53(51-49-30)38-40(59)34(18-55)67-45(42(38)61)68-19-35-41(60)37(39(58)33(17-54)66-35)52-15-23(48-50-52)14-47-43(62)21-4-7-26(29(11-21)44(63)64)36-27-8-5-24(56)12-31(27)65-32-13-25(57)6-9-28(32)36/h1-13,15-16,33-35,37-42,45,54-56,58-61H,14,17-19H2,(H,47,62)(H,63,64)/t33-,34?,35+,37?,38?,39?,40+,41+,42?,45+/m1/s1. The van der Waals surface area contributed by atoms with Gasteiger partial charge in [0.05, 0.1) is 43.8 Å². The summed E-state index contributed by atoms with van der Waals surface area (Å²) in [5.41, 5.74) is 0.288. The second kappa shape index (κ2) is 19.1. The number of thioether (sulfide) groups is 1. The summed E-state index contributed by atoms with van der Waals surface area (Å²) >= 11 is 0.962. The van der Waals surface area contributed by atoms with Crippen molar-refractivity contribution in [2.45, 2.75) is 66.8 Å². The number of fused-ring (bicyclic) bond motifs is 2. The van der Waals surface area contributed by atoms with Crippen molar-refractivity contribution in [1.29, 1.82) is 0 Å². The number of carboxylic acid groups (broad SMARTS) is 1. The van der Waals surface area contributed by atoms with E-state index < -0.39 is 91.2 Å². The summed E-state index contributed by atoms with van der Waals surface area (Å²) in [4.78, 5) is 38.4. The number of carbonyl (C=O) groups excluding carboxylic acids is 1. The molecule has 23 heteroatoms. The summed E-state index contributed by atoms with van der Waals surface area (Å²) in [6.07, 6.45) is -6.70. The van der Waals surface area contributed by atoms with Crippen molar-refractivity contribution in [2.24, 2.45) is 0 Å². The summed E-state index contributed by atoms with van der Waals surface area (Å²) in [6, 6.07) is 15.6. The summed E-state index contributed by atoms with van der Waals surface area (Å²) in [7, 11) is 0. The van der Waals surface area contributed by atoms with Gasteiger partial charge in [0.15, 0.2) is 5.43 Å². The molecule has 2 fully saturated rings. The zero-order chi connectivity index (χ0) is 48.0. The van der Waals surface area contributed by atoms with Gasteiger partial charge in [-0.25, -0.2) is 18.5 Å². The number of rotatable bonds is 13. The van der Waals surface area contributed by atoms with E-state index in [1.165, 1.54) is 83.8 Å². The average Bonchev–Trinajstić information content (AvgIpc) is 4.01. The van der Waals surface area contributed by atoms with Gasteiger partial charge in [0.1, 0.15) is 88.4 Å². The molecule has 354 valence electrons. The molecule has 1 aliphatic carbocycles. The van der Waals surface area contributed by atoms with Crippen LogP contribution in [0.4, 0.5) is 4.39 Å². The average molecular weight is 956 g/mol. The minimum Gasteiger partial charge on any atom is -0.508 e. The third kappa shape index (κ3) is 8.93. The molecule has 0 saturated carbocycles. The van der Waals surface area contributed by atoms with Gasteiger partial charge in [-0.05, 0) is 54.1 Å². The number of carbonyl (C=O) groups is 2.